The Morgan fingerprint density at radius 2 is 1.79 bits per heavy atom. The van der Waals surface area contributed by atoms with E-state index in [2.05, 4.69) is 17.4 Å². The summed E-state index contributed by atoms with van der Waals surface area (Å²) < 4.78 is 0. The van der Waals surface area contributed by atoms with Crippen LogP contribution in [0.5, 0.6) is 0 Å². The van der Waals surface area contributed by atoms with E-state index < -0.39 is 10.8 Å². The molecule has 2 aromatic carbocycles. The number of para-hydroxylation sites is 1. The number of hydrogen-bond acceptors (Lipinski definition) is 3. The van der Waals surface area contributed by atoms with Crippen LogP contribution in [-0.2, 0) is 21.4 Å². The van der Waals surface area contributed by atoms with Crippen LogP contribution in [0.2, 0.25) is 0 Å². The highest BCUT2D eigenvalue weighted by atomic mass is 16.3. The number of hydrogen-bond donors (Lipinski definition) is 2. The minimum atomic E-state index is -0.702. The molecule has 0 aromatic heterocycles. The van der Waals surface area contributed by atoms with E-state index in [-0.39, 0.29) is 24.5 Å². The number of benzene rings is 2. The predicted molar refractivity (Wildman–Crippen MR) is 110 cm³/mol. The van der Waals surface area contributed by atoms with Gasteiger partial charge < -0.3 is 15.3 Å². The van der Waals surface area contributed by atoms with E-state index in [0.717, 1.165) is 36.9 Å². The minimum Gasteiger partial charge on any atom is -0.395 e. The van der Waals surface area contributed by atoms with E-state index in [1.807, 2.05) is 47.4 Å². The highest BCUT2D eigenvalue weighted by Crippen LogP contribution is 2.53. The summed E-state index contributed by atoms with van der Waals surface area (Å²) in [6.07, 6.45) is 3.63. The molecule has 5 nitrogen and oxygen atoms in total. The number of nitrogens with one attached hydrogen (secondary N) is 1. The molecule has 29 heavy (non-hydrogen) atoms. The molecule has 3 aliphatic rings. The number of aliphatic hydroxyl groups is 1. The molecule has 1 spiro atoms. The van der Waals surface area contributed by atoms with Crippen molar-refractivity contribution in [3.8, 4) is 0 Å². The average Bonchev–Trinajstić information content (AvgIpc) is 3.39. The van der Waals surface area contributed by atoms with Crippen LogP contribution < -0.4 is 5.32 Å². The third-order valence-corrected chi connectivity index (χ3v) is 7.17. The molecule has 2 aliphatic heterocycles. The number of anilines is 1. The molecule has 0 bridgehead atoms. The monoisotopic (exact) mass is 390 g/mol. The van der Waals surface area contributed by atoms with Gasteiger partial charge in [-0.1, -0.05) is 48.5 Å². The Labute approximate surface area is 170 Å². The number of aryl methyl sites for hydroxylation is 1. The van der Waals surface area contributed by atoms with E-state index in [1.165, 1.54) is 5.56 Å². The van der Waals surface area contributed by atoms with Gasteiger partial charge in [0.15, 0.2) is 0 Å². The highest BCUT2D eigenvalue weighted by molar-refractivity contribution is 6.07. The van der Waals surface area contributed by atoms with Gasteiger partial charge in [-0.2, -0.15) is 0 Å². The van der Waals surface area contributed by atoms with Crippen molar-refractivity contribution >= 4 is 17.5 Å². The topological polar surface area (TPSA) is 69.6 Å². The van der Waals surface area contributed by atoms with Crippen LogP contribution in [0.1, 0.15) is 36.8 Å². The summed E-state index contributed by atoms with van der Waals surface area (Å²) in [7, 11) is 0. The molecule has 2 amide bonds. The molecule has 0 unspecified atom stereocenters. The van der Waals surface area contributed by atoms with Gasteiger partial charge in [0.25, 0.3) is 0 Å². The second-order valence-electron chi connectivity index (χ2n) is 8.70. The molecular weight excluding hydrogens is 364 g/mol. The van der Waals surface area contributed by atoms with Gasteiger partial charge in [0, 0.05) is 12.2 Å². The summed E-state index contributed by atoms with van der Waals surface area (Å²) in [6.45, 7) is 0.450. The van der Waals surface area contributed by atoms with E-state index in [1.54, 1.807) is 0 Å². The molecule has 2 heterocycles. The first-order valence-electron chi connectivity index (χ1n) is 10.5. The first-order chi connectivity index (χ1) is 14.1. The lowest BCUT2D eigenvalue weighted by Gasteiger charge is -2.35. The molecule has 5 rings (SSSR count). The van der Waals surface area contributed by atoms with Gasteiger partial charge in [-0.3, -0.25) is 9.59 Å². The Bertz CT molecular complexity index is 954. The summed E-state index contributed by atoms with van der Waals surface area (Å²) in [4.78, 5) is 28.6. The fourth-order valence-corrected chi connectivity index (χ4v) is 5.29. The van der Waals surface area contributed by atoms with Crippen LogP contribution in [0, 0.1) is 5.41 Å². The standard InChI is InChI=1S/C24H26N2O3/c27-16-23(12-13-23)22(29)26-15-14-24(18-8-4-5-9-19(18)25-21(24)28)20(26)11-10-17-6-2-1-3-7-17/h1-9,20,27H,10-16H2,(H,25,28)/t20-,24-/m0/s1. The van der Waals surface area contributed by atoms with Crippen molar-refractivity contribution in [2.24, 2.45) is 5.41 Å². The van der Waals surface area contributed by atoms with Gasteiger partial charge in [0.05, 0.1) is 23.5 Å². The fourth-order valence-electron chi connectivity index (χ4n) is 5.29. The van der Waals surface area contributed by atoms with E-state index in [4.69, 9.17) is 0 Å². The van der Waals surface area contributed by atoms with Crippen molar-refractivity contribution in [3.63, 3.8) is 0 Å². The van der Waals surface area contributed by atoms with Gasteiger partial charge in [0.1, 0.15) is 0 Å². The Hall–Kier alpha value is -2.66. The van der Waals surface area contributed by atoms with Crippen molar-refractivity contribution in [2.75, 3.05) is 18.5 Å². The lowest BCUT2D eigenvalue weighted by Crippen LogP contribution is -2.51. The lowest BCUT2D eigenvalue weighted by molar-refractivity contribution is -0.140. The average molecular weight is 390 g/mol. The maximum Gasteiger partial charge on any atom is 0.237 e. The number of aliphatic hydroxyl groups excluding tert-OH is 1. The second-order valence-corrected chi connectivity index (χ2v) is 8.70. The quantitative estimate of drug-likeness (QED) is 0.825. The molecule has 2 atom stereocenters. The van der Waals surface area contributed by atoms with Crippen molar-refractivity contribution in [1.29, 1.82) is 0 Å². The highest BCUT2D eigenvalue weighted by Gasteiger charge is 2.61. The van der Waals surface area contributed by atoms with Crippen LogP contribution in [0.15, 0.2) is 54.6 Å². The fraction of sp³-hybridized carbons (Fsp3) is 0.417. The largest absolute Gasteiger partial charge is 0.395 e. The van der Waals surface area contributed by atoms with E-state index >= 15 is 0 Å². The Kier molecular flexibility index (Phi) is 4.24. The lowest BCUT2D eigenvalue weighted by atomic mass is 9.73. The number of amides is 2. The smallest absolute Gasteiger partial charge is 0.237 e. The van der Waals surface area contributed by atoms with Gasteiger partial charge in [-0.05, 0) is 49.3 Å². The molecule has 150 valence electrons. The maximum atomic E-state index is 13.4. The number of likely N-dealkylation sites (tertiary alicyclic amines) is 1. The van der Waals surface area contributed by atoms with Crippen LogP contribution in [-0.4, -0.2) is 41.0 Å². The van der Waals surface area contributed by atoms with E-state index in [9.17, 15) is 14.7 Å². The summed E-state index contributed by atoms with van der Waals surface area (Å²) in [5, 5.41) is 12.9. The third-order valence-electron chi connectivity index (χ3n) is 7.17. The maximum absolute atomic E-state index is 13.4. The molecular formula is C24H26N2O3. The number of carbonyl (C=O) groups excluding carboxylic acids is 2. The van der Waals surface area contributed by atoms with Gasteiger partial charge in [-0.15, -0.1) is 0 Å². The van der Waals surface area contributed by atoms with Crippen LogP contribution in [0.25, 0.3) is 0 Å². The zero-order chi connectivity index (χ0) is 20.1. The summed E-state index contributed by atoms with van der Waals surface area (Å²) >= 11 is 0. The molecule has 2 fully saturated rings. The zero-order valence-corrected chi connectivity index (χ0v) is 16.4. The number of carbonyl (C=O) groups is 2. The zero-order valence-electron chi connectivity index (χ0n) is 16.4. The van der Waals surface area contributed by atoms with Crippen LogP contribution in [0.3, 0.4) is 0 Å². The predicted octanol–water partition coefficient (Wildman–Crippen LogP) is 2.88. The molecule has 2 N–H and O–H groups in total. The molecule has 0 radical (unpaired) electrons. The van der Waals surface area contributed by atoms with Crippen molar-refractivity contribution in [3.05, 3.63) is 65.7 Å². The summed E-state index contributed by atoms with van der Waals surface area (Å²) in [5.74, 6) is 0.0213. The second kappa shape index (κ2) is 6.70. The van der Waals surface area contributed by atoms with Crippen molar-refractivity contribution < 1.29 is 14.7 Å². The summed E-state index contributed by atoms with van der Waals surface area (Å²) in [6, 6.07) is 17.9. The minimum absolute atomic E-state index is 0.000840. The van der Waals surface area contributed by atoms with Crippen molar-refractivity contribution in [2.45, 2.75) is 43.6 Å². The molecule has 1 aliphatic carbocycles. The SMILES string of the molecule is O=C(N1CC[C@@]2(C(=O)Nc3ccccc32)[C@@H]1CCc1ccccc1)C1(CO)CC1. The summed E-state index contributed by atoms with van der Waals surface area (Å²) in [5.41, 5.74) is 1.75. The van der Waals surface area contributed by atoms with Gasteiger partial charge >= 0.3 is 0 Å². The van der Waals surface area contributed by atoms with Crippen LogP contribution >= 0.6 is 0 Å². The van der Waals surface area contributed by atoms with Gasteiger partial charge in [-0.25, -0.2) is 0 Å². The van der Waals surface area contributed by atoms with Gasteiger partial charge in [0.2, 0.25) is 11.8 Å². The number of rotatable bonds is 5. The molecule has 2 aromatic rings. The molecule has 1 saturated carbocycles. The molecule has 5 heteroatoms. The first-order valence-corrected chi connectivity index (χ1v) is 10.5. The Morgan fingerprint density at radius 3 is 2.52 bits per heavy atom. The number of fused-ring (bicyclic) bond motifs is 2. The first kappa shape index (κ1) is 18.4. The Balaban J connectivity index is 1.52. The number of nitrogens with zero attached hydrogens (tertiary/aromatic N) is 1. The molecule has 1 saturated heterocycles. The van der Waals surface area contributed by atoms with E-state index in [0.29, 0.717) is 13.0 Å². The normalized spacial score (nSPS) is 26.4. The van der Waals surface area contributed by atoms with Crippen LogP contribution in [0.4, 0.5) is 5.69 Å². The third kappa shape index (κ3) is 2.71. The van der Waals surface area contributed by atoms with Crippen molar-refractivity contribution in [1.82, 2.24) is 4.90 Å². The Morgan fingerprint density at radius 1 is 1.07 bits per heavy atom.